The molecule has 1 atom stereocenters. The van der Waals surface area contributed by atoms with Crippen molar-refractivity contribution in [1.29, 1.82) is 0 Å². The number of amides is 1. The summed E-state index contributed by atoms with van der Waals surface area (Å²) in [5, 5.41) is 6.21. The van der Waals surface area contributed by atoms with E-state index in [1.807, 2.05) is 25.8 Å². The predicted molar refractivity (Wildman–Crippen MR) is 109 cm³/mol. The van der Waals surface area contributed by atoms with Gasteiger partial charge in [0.1, 0.15) is 11.7 Å². The van der Waals surface area contributed by atoms with E-state index in [-0.39, 0.29) is 18.0 Å². The predicted octanol–water partition coefficient (Wildman–Crippen LogP) is 4.01. The van der Waals surface area contributed by atoms with Crippen LogP contribution in [0.25, 0.3) is 0 Å². The highest BCUT2D eigenvalue weighted by atomic mass is 19.4. The van der Waals surface area contributed by atoms with Crippen LogP contribution in [-0.4, -0.2) is 35.0 Å². The van der Waals surface area contributed by atoms with Crippen LogP contribution in [-0.2, 0) is 17.4 Å². The van der Waals surface area contributed by atoms with Gasteiger partial charge in [0, 0.05) is 13.1 Å². The van der Waals surface area contributed by atoms with Crippen molar-refractivity contribution in [3.8, 4) is 0 Å². The number of fused-ring (bicyclic) bond motifs is 1. The molecule has 1 aliphatic carbocycles. The first-order valence-corrected chi connectivity index (χ1v) is 9.97. The average molecular weight is 419 g/mol. The first-order valence-electron chi connectivity index (χ1n) is 9.97. The number of alkyl halides is 3. The highest BCUT2D eigenvalue weighted by Crippen LogP contribution is 2.36. The molecule has 2 heterocycles. The summed E-state index contributed by atoms with van der Waals surface area (Å²) < 4.78 is 38.0. The van der Waals surface area contributed by atoms with E-state index in [1.165, 1.54) is 0 Å². The van der Waals surface area contributed by atoms with E-state index in [0.717, 1.165) is 37.0 Å². The number of anilines is 3. The second-order valence-corrected chi connectivity index (χ2v) is 8.18. The third-order valence-electron chi connectivity index (χ3n) is 5.99. The molecule has 30 heavy (non-hydrogen) atoms. The molecule has 0 spiro atoms. The number of carbonyl (C=O) groups is 1. The van der Waals surface area contributed by atoms with Crippen molar-refractivity contribution in [3.05, 3.63) is 41.1 Å². The summed E-state index contributed by atoms with van der Waals surface area (Å²) in [7, 11) is 1.84. The molecule has 1 amide bonds. The average Bonchev–Trinajstić information content (AvgIpc) is 2.65. The van der Waals surface area contributed by atoms with Gasteiger partial charge in [-0.2, -0.15) is 18.2 Å². The molecule has 1 aliphatic heterocycles. The lowest BCUT2D eigenvalue weighted by Gasteiger charge is -2.37. The van der Waals surface area contributed by atoms with Gasteiger partial charge in [-0.3, -0.25) is 4.79 Å². The molecule has 1 fully saturated rings. The molecule has 2 aromatic rings. The fourth-order valence-electron chi connectivity index (χ4n) is 3.98. The lowest BCUT2D eigenvalue weighted by atomic mass is 9.76. The second-order valence-electron chi connectivity index (χ2n) is 8.18. The lowest BCUT2D eigenvalue weighted by molar-refractivity contribution is -0.137. The number of rotatable bonds is 4. The minimum absolute atomic E-state index is 0.0810. The van der Waals surface area contributed by atoms with Crippen molar-refractivity contribution in [1.82, 2.24) is 9.97 Å². The number of carbonyl (C=O) groups excluding carboxylic acids is 1. The maximum absolute atomic E-state index is 12.7. The van der Waals surface area contributed by atoms with Gasteiger partial charge in [0.25, 0.3) is 0 Å². The number of aryl methyl sites for hydroxylation is 1. The lowest BCUT2D eigenvalue weighted by Crippen LogP contribution is -2.45. The van der Waals surface area contributed by atoms with Crippen LogP contribution in [0.2, 0.25) is 0 Å². The first-order chi connectivity index (χ1) is 14.1. The zero-order valence-electron chi connectivity index (χ0n) is 17.0. The van der Waals surface area contributed by atoms with Gasteiger partial charge >= 0.3 is 6.18 Å². The van der Waals surface area contributed by atoms with Crippen LogP contribution >= 0.6 is 0 Å². The molecular formula is C21H24F3N5O. The second kappa shape index (κ2) is 7.45. The zero-order valence-corrected chi connectivity index (χ0v) is 17.0. The summed E-state index contributed by atoms with van der Waals surface area (Å²) in [4.78, 5) is 22.9. The minimum atomic E-state index is -4.30. The number of benzene rings is 1. The van der Waals surface area contributed by atoms with Crippen molar-refractivity contribution in [2.45, 2.75) is 51.4 Å². The minimum Gasteiger partial charge on any atom is -0.351 e. The number of nitrogens with zero attached hydrogens (tertiary/aromatic N) is 3. The normalized spacial score (nSPS) is 23.5. The Balaban J connectivity index is 1.35. The molecule has 1 aromatic heterocycles. The van der Waals surface area contributed by atoms with Gasteiger partial charge in [-0.25, -0.2) is 4.98 Å². The van der Waals surface area contributed by atoms with Crippen molar-refractivity contribution in [3.63, 3.8) is 0 Å². The van der Waals surface area contributed by atoms with E-state index in [1.54, 1.807) is 12.1 Å². The quantitative estimate of drug-likeness (QED) is 0.784. The monoisotopic (exact) mass is 419 g/mol. The molecule has 1 aromatic carbocycles. The SMILES string of the molecule is Cc1nc(N[C@H]2C[C@@H](Cc3ccc(C(F)(F)F)cc3)C2)nc2c1NC(=O)[C@H](C)N2C. The van der Waals surface area contributed by atoms with Crippen LogP contribution in [0, 0.1) is 12.8 Å². The number of likely N-dealkylation sites (N-methyl/N-ethyl adjacent to an activating group) is 1. The molecule has 2 N–H and O–H groups in total. The molecule has 6 nitrogen and oxygen atoms in total. The first kappa shape index (κ1) is 20.4. The van der Waals surface area contributed by atoms with E-state index in [4.69, 9.17) is 0 Å². The molecule has 160 valence electrons. The summed E-state index contributed by atoms with van der Waals surface area (Å²) in [6.45, 7) is 3.66. The van der Waals surface area contributed by atoms with Crippen LogP contribution in [0.5, 0.6) is 0 Å². The summed E-state index contributed by atoms with van der Waals surface area (Å²) in [6.07, 6.45) is -1.73. The maximum Gasteiger partial charge on any atom is 0.416 e. The molecule has 0 bridgehead atoms. The summed E-state index contributed by atoms with van der Waals surface area (Å²) in [5.41, 5.74) is 1.64. The Morgan fingerprint density at radius 2 is 1.87 bits per heavy atom. The van der Waals surface area contributed by atoms with Crippen LogP contribution in [0.1, 0.15) is 36.6 Å². The molecule has 4 rings (SSSR count). The van der Waals surface area contributed by atoms with E-state index in [9.17, 15) is 18.0 Å². The van der Waals surface area contributed by atoms with Gasteiger partial charge in [0.2, 0.25) is 11.9 Å². The zero-order chi connectivity index (χ0) is 21.6. The highest BCUT2D eigenvalue weighted by Gasteiger charge is 2.33. The molecule has 9 heteroatoms. The maximum atomic E-state index is 12.7. The van der Waals surface area contributed by atoms with Crippen molar-refractivity contribution < 1.29 is 18.0 Å². The van der Waals surface area contributed by atoms with Gasteiger partial charge < -0.3 is 15.5 Å². The van der Waals surface area contributed by atoms with E-state index < -0.39 is 11.7 Å². The Hall–Kier alpha value is -2.84. The third-order valence-corrected chi connectivity index (χ3v) is 5.99. The summed E-state index contributed by atoms with van der Waals surface area (Å²) in [5.74, 6) is 1.56. The number of hydrogen-bond donors (Lipinski definition) is 2. The largest absolute Gasteiger partial charge is 0.416 e. The number of nitrogens with one attached hydrogen (secondary N) is 2. The third kappa shape index (κ3) is 3.93. The Morgan fingerprint density at radius 1 is 1.20 bits per heavy atom. The van der Waals surface area contributed by atoms with Crippen molar-refractivity contribution >= 4 is 23.4 Å². The Morgan fingerprint density at radius 3 is 2.50 bits per heavy atom. The Kier molecular flexibility index (Phi) is 5.07. The van der Waals surface area contributed by atoms with Crippen LogP contribution in [0.4, 0.5) is 30.6 Å². The van der Waals surface area contributed by atoms with Crippen molar-refractivity contribution in [2.24, 2.45) is 5.92 Å². The van der Waals surface area contributed by atoms with Gasteiger partial charge in [-0.15, -0.1) is 0 Å². The number of hydrogen-bond acceptors (Lipinski definition) is 5. The number of halogens is 3. The van der Waals surface area contributed by atoms with Gasteiger partial charge in [0.05, 0.1) is 11.3 Å². The standard InChI is InChI=1S/C21H24F3N5O/c1-11-17-18(29(3)12(2)19(30)27-17)28-20(25-11)26-16-9-14(10-16)8-13-4-6-15(7-5-13)21(22,23)24/h4-7,12,14,16H,8-10H2,1-3H3,(H,27,30)(H,25,26,28)/t12-,14-,16+/m0/s1. The van der Waals surface area contributed by atoms with E-state index in [0.29, 0.717) is 29.1 Å². The number of aromatic nitrogens is 2. The van der Waals surface area contributed by atoms with Crippen LogP contribution < -0.4 is 15.5 Å². The molecule has 1 saturated carbocycles. The molecule has 2 aliphatic rings. The molecule has 0 saturated heterocycles. The van der Waals surface area contributed by atoms with Gasteiger partial charge in [-0.05, 0) is 56.7 Å². The Bertz CT molecular complexity index is 954. The van der Waals surface area contributed by atoms with E-state index in [2.05, 4.69) is 20.6 Å². The molecule has 0 radical (unpaired) electrons. The Labute approximate surface area is 172 Å². The summed E-state index contributed by atoms with van der Waals surface area (Å²) in [6, 6.07) is 5.32. The molecule has 0 unspecified atom stereocenters. The topological polar surface area (TPSA) is 70.1 Å². The van der Waals surface area contributed by atoms with Crippen LogP contribution in [0.15, 0.2) is 24.3 Å². The summed E-state index contributed by atoms with van der Waals surface area (Å²) >= 11 is 0. The fraction of sp³-hybridized carbons (Fsp3) is 0.476. The van der Waals surface area contributed by atoms with Crippen molar-refractivity contribution in [2.75, 3.05) is 22.6 Å². The van der Waals surface area contributed by atoms with Crippen LogP contribution in [0.3, 0.4) is 0 Å². The smallest absolute Gasteiger partial charge is 0.351 e. The fourth-order valence-corrected chi connectivity index (χ4v) is 3.98. The highest BCUT2D eigenvalue weighted by molar-refractivity contribution is 6.03. The van der Waals surface area contributed by atoms with E-state index >= 15 is 0 Å². The van der Waals surface area contributed by atoms with Gasteiger partial charge in [-0.1, -0.05) is 12.1 Å². The molecular weight excluding hydrogens is 395 g/mol. The van der Waals surface area contributed by atoms with Gasteiger partial charge in [0.15, 0.2) is 5.82 Å².